The Morgan fingerprint density at radius 2 is 1.78 bits per heavy atom. The maximum absolute atomic E-state index is 16.6. The largest absolute Gasteiger partial charge is 0.497 e. The molecule has 1 amide bonds. The van der Waals surface area contributed by atoms with Crippen molar-refractivity contribution in [3.05, 3.63) is 93.9 Å². The van der Waals surface area contributed by atoms with Crippen LogP contribution in [0.25, 0.3) is 28.0 Å². The predicted molar refractivity (Wildman–Crippen MR) is 189 cm³/mol. The van der Waals surface area contributed by atoms with Gasteiger partial charge in [0.2, 0.25) is 0 Å². The molecule has 1 aliphatic heterocycles. The summed E-state index contributed by atoms with van der Waals surface area (Å²) in [5.74, 6) is 1.13. The van der Waals surface area contributed by atoms with Gasteiger partial charge in [-0.2, -0.15) is 4.98 Å². The summed E-state index contributed by atoms with van der Waals surface area (Å²) in [6, 6.07) is 15.5. The van der Waals surface area contributed by atoms with Crippen molar-refractivity contribution in [2.75, 3.05) is 31.6 Å². The summed E-state index contributed by atoms with van der Waals surface area (Å²) < 4.78 is 29.3. The van der Waals surface area contributed by atoms with Gasteiger partial charge in [-0.05, 0) is 98.2 Å². The van der Waals surface area contributed by atoms with Crippen molar-refractivity contribution >= 4 is 22.9 Å². The van der Waals surface area contributed by atoms with E-state index in [0.717, 1.165) is 24.0 Å². The number of carboxylic acid groups (broad SMARTS) is 1. The van der Waals surface area contributed by atoms with Gasteiger partial charge in [0.05, 0.1) is 29.6 Å². The van der Waals surface area contributed by atoms with Crippen molar-refractivity contribution in [1.29, 1.82) is 0 Å². The highest BCUT2D eigenvalue weighted by molar-refractivity contribution is 5.92. The zero-order chi connectivity index (χ0) is 35.3. The van der Waals surface area contributed by atoms with Crippen LogP contribution in [0.15, 0.2) is 65.6 Å². The maximum atomic E-state index is 16.6. The lowest BCUT2D eigenvalue weighted by Gasteiger charge is -2.39. The third-order valence-corrected chi connectivity index (χ3v) is 9.50. The van der Waals surface area contributed by atoms with E-state index in [1.807, 2.05) is 44.7 Å². The molecule has 1 saturated carbocycles. The molecule has 0 unspecified atom stereocenters. The van der Waals surface area contributed by atoms with Gasteiger partial charge in [-0.15, -0.1) is 0 Å². The molecule has 0 spiro atoms. The van der Waals surface area contributed by atoms with Crippen LogP contribution in [-0.2, 0) is 0 Å². The first kappa shape index (κ1) is 33.0. The van der Waals surface area contributed by atoms with Crippen LogP contribution in [0.4, 0.5) is 15.0 Å². The summed E-state index contributed by atoms with van der Waals surface area (Å²) >= 11 is 0. The van der Waals surface area contributed by atoms with Gasteiger partial charge in [-0.25, -0.2) is 23.5 Å². The predicted octanol–water partition coefficient (Wildman–Crippen LogP) is 7.28. The molecular weight excluding hydrogens is 639 g/mol. The van der Waals surface area contributed by atoms with Gasteiger partial charge in [-0.3, -0.25) is 4.98 Å². The van der Waals surface area contributed by atoms with E-state index in [4.69, 9.17) is 14.5 Å². The summed E-state index contributed by atoms with van der Waals surface area (Å²) in [6.07, 6.45) is 2.57. The number of methoxy groups -OCH3 is 1. The molecule has 1 atom stereocenters. The normalized spacial score (nSPS) is 16.3. The number of piperazine rings is 1. The summed E-state index contributed by atoms with van der Waals surface area (Å²) in [5, 5.41) is 10.3. The Balaban J connectivity index is 1.47. The molecule has 11 nitrogen and oxygen atoms in total. The minimum atomic E-state index is -0.986. The number of benzene rings is 2. The van der Waals surface area contributed by atoms with Crippen LogP contribution >= 0.6 is 0 Å². The molecule has 12 heteroatoms. The minimum absolute atomic E-state index is 0.0231. The van der Waals surface area contributed by atoms with E-state index in [1.165, 1.54) is 9.47 Å². The molecule has 0 bridgehead atoms. The molecule has 2 aliphatic rings. The van der Waals surface area contributed by atoms with E-state index >= 15 is 4.39 Å². The van der Waals surface area contributed by atoms with Gasteiger partial charge < -0.3 is 24.4 Å². The number of halogens is 1. The fourth-order valence-corrected chi connectivity index (χ4v) is 6.76. The van der Waals surface area contributed by atoms with Crippen molar-refractivity contribution in [3.63, 3.8) is 0 Å². The van der Waals surface area contributed by atoms with Gasteiger partial charge >= 0.3 is 11.8 Å². The fraction of sp³-hybridized carbons (Fsp3) is 0.342. The molecule has 3 aromatic heterocycles. The highest BCUT2D eigenvalue weighted by atomic mass is 19.1. The van der Waals surface area contributed by atoms with Crippen LogP contribution in [0.1, 0.15) is 62.3 Å². The van der Waals surface area contributed by atoms with E-state index in [9.17, 15) is 14.7 Å². The first-order valence-corrected chi connectivity index (χ1v) is 16.8. The third kappa shape index (κ3) is 5.99. The van der Waals surface area contributed by atoms with E-state index in [2.05, 4.69) is 9.97 Å². The SMILES string of the molecule is COc1ccc(Oc2cccc(-c3nc4c(cc3C3CC3)c(N3CCN(C(=O)O)C[C@@H]3C)nc(=O)n4-c3c(C)ccnc3C(C)C)c2F)cc1. The van der Waals surface area contributed by atoms with Crippen LogP contribution < -0.4 is 20.1 Å². The van der Waals surface area contributed by atoms with Gasteiger partial charge in [0.1, 0.15) is 17.3 Å². The van der Waals surface area contributed by atoms with Crippen molar-refractivity contribution < 1.29 is 23.8 Å². The molecule has 2 fully saturated rings. The summed E-state index contributed by atoms with van der Waals surface area (Å²) in [4.78, 5) is 44.0. The minimum Gasteiger partial charge on any atom is -0.497 e. The fourth-order valence-electron chi connectivity index (χ4n) is 6.76. The van der Waals surface area contributed by atoms with Crippen molar-refractivity contribution in [2.45, 2.75) is 58.4 Å². The molecule has 7 rings (SSSR count). The first-order chi connectivity index (χ1) is 24.0. The second kappa shape index (κ2) is 13.1. The number of fused-ring (bicyclic) bond motifs is 1. The Morgan fingerprint density at radius 3 is 2.44 bits per heavy atom. The smallest absolute Gasteiger partial charge is 0.407 e. The molecule has 1 aliphatic carbocycles. The number of ether oxygens (including phenoxy) is 2. The molecule has 1 N–H and O–H groups in total. The lowest BCUT2D eigenvalue weighted by Crippen LogP contribution is -2.54. The zero-order valence-electron chi connectivity index (χ0n) is 28.7. The maximum Gasteiger partial charge on any atom is 0.407 e. The second-order valence-electron chi connectivity index (χ2n) is 13.3. The third-order valence-electron chi connectivity index (χ3n) is 9.50. The molecule has 2 aromatic carbocycles. The average Bonchev–Trinajstić information content (AvgIpc) is 3.95. The van der Waals surface area contributed by atoms with Gasteiger partial charge in [0.25, 0.3) is 0 Å². The topological polar surface area (TPSA) is 123 Å². The molecule has 50 heavy (non-hydrogen) atoms. The summed E-state index contributed by atoms with van der Waals surface area (Å²) in [6.45, 7) is 8.73. The second-order valence-corrected chi connectivity index (χ2v) is 13.3. The van der Waals surface area contributed by atoms with Gasteiger partial charge in [0.15, 0.2) is 17.2 Å². The first-order valence-electron chi connectivity index (χ1n) is 16.8. The lowest BCUT2D eigenvalue weighted by molar-refractivity contribution is 0.136. The molecule has 258 valence electrons. The van der Waals surface area contributed by atoms with Crippen molar-refractivity contribution in [1.82, 2.24) is 24.4 Å². The monoisotopic (exact) mass is 678 g/mol. The zero-order valence-corrected chi connectivity index (χ0v) is 28.7. The van der Waals surface area contributed by atoms with Crippen molar-refractivity contribution in [2.24, 2.45) is 0 Å². The lowest BCUT2D eigenvalue weighted by atomic mass is 9.99. The number of hydrogen-bond donors (Lipinski definition) is 1. The number of hydrogen-bond acceptors (Lipinski definition) is 8. The highest BCUT2D eigenvalue weighted by Gasteiger charge is 2.34. The van der Waals surface area contributed by atoms with Crippen LogP contribution in [0.5, 0.6) is 17.2 Å². The van der Waals surface area contributed by atoms with E-state index in [-0.39, 0.29) is 42.3 Å². The Labute approximate surface area is 289 Å². The number of aromatic nitrogens is 4. The highest BCUT2D eigenvalue weighted by Crippen LogP contribution is 2.47. The van der Waals surface area contributed by atoms with Crippen LogP contribution in [0.3, 0.4) is 0 Å². The van der Waals surface area contributed by atoms with E-state index < -0.39 is 17.6 Å². The number of amides is 1. The number of rotatable bonds is 8. The summed E-state index contributed by atoms with van der Waals surface area (Å²) in [7, 11) is 1.57. The van der Waals surface area contributed by atoms with E-state index in [0.29, 0.717) is 52.0 Å². The number of nitrogens with zero attached hydrogens (tertiary/aromatic N) is 6. The summed E-state index contributed by atoms with van der Waals surface area (Å²) in [5.41, 5.74) is 3.44. The molecular formula is C38H39FN6O5. The average molecular weight is 679 g/mol. The Kier molecular flexibility index (Phi) is 8.63. The molecule has 4 heterocycles. The van der Waals surface area contributed by atoms with Gasteiger partial charge in [-0.1, -0.05) is 19.9 Å². The number of pyridine rings is 2. The number of aryl methyl sites for hydroxylation is 1. The Morgan fingerprint density at radius 1 is 1.04 bits per heavy atom. The van der Waals surface area contributed by atoms with Crippen LogP contribution in [-0.4, -0.2) is 68.4 Å². The Hall–Kier alpha value is -5.52. The molecule has 1 saturated heterocycles. The molecule has 0 radical (unpaired) electrons. The van der Waals surface area contributed by atoms with Gasteiger partial charge in [0, 0.05) is 37.4 Å². The number of anilines is 1. The standard InChI is InChI=1S/C38H39FN6O5/c1-21(2)32-34(22(3)15-16-40-32)45-36-29(35(42-37(45)46)44-18-17-43(38(47)48)20-23(44)4)19-28(24-9-10-24)33(41-36)27-7-6-8-30(31(27)39)50-26-13-11-25(49-5)12-14-26/h6-8,11-16,19,21,23-24H,9-10,17-18,20H2,1-5H3,(H,47,48)/t23-/m0/s1. The van der Waals surface area contributed by atoms with Crippen LogP contribution in [0.2, 0.25) is 0 Å². The van der Waals surface area contributed by atoms with Crippen molar-refractivity contribution in [3.8, 4) is 34.2 Å². The quantitative estimate of drug-likeness (QED) is 0.180. The molecule has 5 aromatic rings. The van der Waals surface area contributed by atoms with E-state index in [1.54, 1.807) is 55.8 Å². The van der Waals surface area contributed by atoms with Crippen LogP contribution in [0, 0.1) is 12.7 Å². The number of carbonyl (C=O) groups is 1. The Bertz CT molecular complexity index is 2160.